The van der Waals surface area contributed by atoms with Crippen LogP contribution in [0.4, 0.5) is 4.39 Å². The van der Waals surface area contributed by atoms with Crippen LogP contribution in [-0.2, 0) is 0 Å². The van der Waals surface area contributed by atoms with Gasteiger partial charge in [0.2, 0.25) is 0 Å². The molecule has 2 N–H and O–H groups in total. The first-order valence-corrected chi connectivity index (χ1v) is 4.98. The minimum atomic E-state index is -0.237. The second-order valence-corrected chi connectivity index (χ2v) is 4.12. The van der Waals surface area contributed by atoms with Crippen LogP contribution in [0.5, 0.6) is 0 Å². The Kier molecular flexibility index (Phi) is 3.58. The summed E-state index contributed by atoms with van der Waals surface area (Å²) < 4.78 is 13.4. The van der Waals surface area contributed by atoms with Crippen LogP contribution in [0.15, 0.2) is 24.3 Å². The maximum atomic E-state index is 13.4. The predicted octanol–water partition coefficient (Wildman–Crippen LogP) is 2.85. The Labute approximate surface area is 89.1 Å². The molecule has 0 aliphatic heterocycles. The summed E-state index contributed by atoms with van der Waals surface area (Å²) in [5.74, 6) is -0.199. The summed E-state index contributed by atoms with van der Waals surface area (Å²) in [5.41, 5.74) is 6.20. The molecule has 1 atom stereocenters. The molecule has 1 aromatic carbocycles. The molecule has 0 spiro atoms. The Hall–Kier alpha value is -0.960. The highest BCUT2D eigenvalue weighted by molar-refractivity contribution is 7.80. The van der Waals surface area contributed by atoms with Gasteiger partial charge in [-0.05, 0) is 17.5 Å². The normalized spacial score (nSPS) is 12.9. The van der Waals surface area contributed by atoms with Crippen LogP contribution >= 0.6 is 12.2 Å². The molecule has 0 saturated heterocycles. The third-order valence-corrected chi connectivity index (χ3v) is 2.47. The molecule has 0 saturated carbocycles. The number of thiocarbonyl (C=S) groups is 1. The summed E-state index contributed by atoms with van der Waals surface area (Å²) in [6.07, 6.45) is 0. The van der Waals surface area contributed by atoms with Gasteiger partial charge in [0.25, 0.3) is 0 Å². The molecule has 1 unspecified atom stereocenters. The zero-order valence-corrected chi connectivity index (χ0v) is 9.14. The number of halogens is 1. The van der Waals surface area contributed by atoms with Gasteiger partial charge in [0, 0.05) is 5.92 Å². The molecule has 14 heavy (non-hydrogen) atoms. The van der Waals surface area contributed by atoms with Crippen molar-refractivity contribution in [1.82, 2.24) is 0 Å². The van der Waals surface area contributed by atoms with Crippen LogP contribution in [0.1, 0.15) is 25.3 Å². The van der Waals surface area contributed by atoms with Crippen LogP contribution in [-0.4, -0.2) is 4.99 Å². The lowest BCUT2D eigenvalue weighted by molar-refractivity contribution is 0.551. The lowest BCUT2D eigenvalue weighted by Gasteiger charge is -2.20. The van der Waals surface area contributed by atoms with Crippen molar-refractivity contribution in [2.45, 2.75) is 19.8 Å². The third-order valence-electron chi connectivity index (χ3n) is 2.21. The number of rotatable bonds is 3. The highest BCUT2D eigenvalue weighted by atomic mass is 32.1. The number of benzene rings is 1. The molecular weight excluding hydrogens is 197 g/mol. The third kappa shape index (κ3) is 2.29. The lowest BCUT2D eigenvalue weighted by Crippen LogP contribution is -2.24. The molecular formula is C11H14FNS. The Bertz CT molecular complexity index is 336. The SMILES string of the molecule is CC(C)C(C(N)=S)c1ccccc1F. The topological polar surface area (TPSA) is 26.0 Å². The highest BCUT2D eigenvalue weighted by Crippen LogP contribution is 2.26. The van der Waals surface area contributed by atoms with E-state index in [1.54, 1.807) is 18.2 Å². The average Bonchev–Trinajstić information content (AvgIpc) is 2.07. The fraction of sp³-hybridized carbons (Fsp3) is 0.364. The first-order chi connectivity index (χ1) is 6.54. The summed E-state index contributed by atoms with van der Waals surface area (Å²) in [6, 6.07) is 6.63. The summed E-state index contributed by atoms with van der Waals surface area (Å²) >= 11 is 4.95. The fourth-order valence-electron chi connectivity index (χ4n) is 1.57. The van der Waals surface area contributed by atoms with E-state index in [-0.39, 0.29) is 17.7 Å². The van der Waals surface area contributed by atoms with Gasteiger partial charge in [0.15, 0.2) is 0 Å². The molecule has 0 aliphatic rings. The Morgan fingerprint density at radius 2 is 1.93 bits per heavy atom. The van der Waals surface area contributed by atoms with Gasteiger partial charge in [-0.15, -0.1) is 0 Å². The van der Waals surface area contributed by atoms with Crippen LogP contribution in [0.3, 0.4) is 0 Å². The van der Waals surface area contributed by atoms with Crippen molar-refractivity contribution in [3.63, 3.8) is 0 Å². The Morgan fingerprint density at radius 3 is 2.36 bits per heavy atom. The summed E-state index contributed by atoms with van der Waals surface area (Å²) in [5, 5.41) is 0. The summed E-state index contributed by atoms with van der Waals surface area (Å²) in [4.78, 5) is 0.352. The average molecular weight is 211 g/mol. The zero-order chi connectivity index (χ0) is 10.7. The van der Waals surface area contributed by atoms with Crippen molar-refractivity contribution >= 4 is 17.2 Å². The molecule has 0 amide bonds. The standard InChI is InChI=1S/C11H14FNS/c1-7(2)10(11(13)14)8-5-3-4-6-9(8)12/h3-7,10H,1-2H3,(H2,13,14). The van der Waals surface area contributed by atoms with Crippen molar-refractivity contribution in [2.24, 2.45) is 11.7 Å². The van der Waals surface area contributed by atoms with Crippen LogP contribution in [0.2, 0.25) is 0 Å². The zero-order valence-electron chi connectivity index (χ0n) is 8.33. The molecule has 0 aromatic heterocycles. The lowest BCUT2D eigenvalue weighted by atomic mass is 9.88. The number of hydrogen-bond donors (Lipinski definition) is 1. The van der Waals surface area contributed by atoms with E-state index in [1.807, 2.05) is 13.8 Å². The van der Waals surface area contributed by atoms with E-state index in [1.165, 1.54) is 6.07 Å². The second kappa shape index (κ2) is 4.51. The van der Waals surface area contributed by atoms with Gasteiger partial charge in [-0.3, -0.25) is 0 Å². The van der Waals surface area contributed by atoms with E-state index in [4.69, 9.17) is 18.0 Å². The number of hydrogen-bond acceptors (Lipinski definition) is 1. The van der Waals surface area contributed by atoms with Crippen molar-refractivity contribution in [2.75, 3.05) is 0 Å². The van der Waals surface area contributed by atoms with E-state index < -0.39 is 0 Å². The van der Waals surface area contributed by atoms with E-state index in [0.29, 0.717) is 10.6 Å². The molecule has 76 valence electrons. The molecule has 1 aromatic rings. The molecule has 0 fully saturated rings. The van der Waals surface area contributed by atoms with Crippen molar-refractivity contribution in [1.29, 1.82) is 0 Å². The molecule has 0 aliphatic carbocycles. The van der Waals surface area contributed by atoms with Gasteiger partial charge < -0.3 is 5.73 Å². The first kappa shape index (κ1) is 11.1. The summed E-state index contributed by atoms with van der Waals surface area (Å²) in [6.45, 7) is 3.96. The molecule has 1 rings (SSSR count). The Balaban J connectivity index is 3.12. The summed E-state index contributed by atoms with van der Waals surface area (Å²) in [7, 11) is 0. The maximum Gasteiger partial charge on any atom is 0.127 e. The monoisotopic (exact) mass is 211 g/mol. The van der Waals surface area contributed by atoms with Gasteiger partial charge in [0.1, 0.15) is 5.82 Å². The van der Waals surface area contributed by atoms with Gasteiger partial charge in [-0.2, -0.15) is 0 Å². The van der Waals surface area contributed by atoms with Crippen molar-refractivity contribution in [3.8, 4) is 0 Å². The maximum absolute atomic E-state index is 13.4. The van der Waals surface area contributed by atoms with Crippen LogP contribution in [0, 0.1) is 11.7 Å². The predicted molar refractivity (Wildman–Crippen MR) is 60.8 cm³/mol. The smallest absolute Gasteiger partial charge is 0.127 e. The molecule has 0 bridgehead atoms. The molecule has 0 heterocycles. The van der Waals surface area contributed by atoms with E-state index >= 15 is 0 Å². The van der Waals surface area contributed by atoms with Gasteiger partial charge in [0.05, 0.1) is 4.99 Å². The number of nitrogens with two attached hydrogens (primary N) is 1. The Morgan fingerprint density at radius 1 is 1.36 bits per heavy atom. The van der Waals surface area contributed by atoms with E-state index in [2.05, 4.69) is 0 Å². The molecule has 1 nitrogen and oxygen atoms in total. The van der Waals surface area contributed by atoms with Gasteiger partial charge in [-0.1, -0.05) is 44.3 Å². The van der Waals surface area contributed by atoms with Crippen molar-refractivity contribution < 1.29 is 4.39 Å². The second-order valence-electron chi connectivity index (χ2n) is 3.65. The largest absolute Gasteiger partial charge is 0.393 e. The molecule has 0 radical (unpaired) electrons. The van der Waals surface area contributed by atoms with Gasteiger partial charge >= 0.3 is 0 Å². The first-order valence-electron chi connectivity index (χ1n) is 4.57. The van der Waals surface area contributed by atoms with E-state index in [0.717, 1.165) is 0 Å². The highest BCUT2D eigenvalue weighted by Gasteiger charge is 2.21. The molecule has 3 heteroatoms. The van der Waals surface area contributed by atoms with Crippen molar-refractivity contribution in [3.05, 3.63) is 35.6 Å². The minimum absolute atomic E-state index is 0.175. The van der Waals surface area contributed by atoms with Crippen LogP contribution < -0.4 is 5.73 Å². The van der Waals surface area contributed by atoms with E-state index in [9.17, 15) is 4.39 Å². The minimum Gasteiger partial charge on any atom is -0.393 e. The van der Waals surface area contributed by atoms with Crippen LogP contribution in [0.25, 0.3) is 0 Å². The van der Waals surface area contributed by atoms with Gasteiger partial charge in [-0.25, -0.2) is 4.39 Å². The quantitative estimate of drug-likeness (QED) is 0.778. The fourth-order valence-corrected chi connectivity index (χ4v) is 1.97.